The lowest BCUT2D eigenvalue weighted by Gasteiger charge is -2.06. The molecule has 1 aromatic carbocycles. The Morgan fingerprint density at radius 2 is 2.17 bits per heavy atom. The minimum absolute atomic E-state index is 0.0404. The van der Waals surface area contributed by atoms with Crippen LogP contribution in [0.4, 0.5) is 10.1 Å². The second kappa shape index (κ2) is 4.75. The standard InChI is InChI=1S/C10H11FN4O2S/c11-7-1-8(12)3-10(2-7)18(16,17)15-5-9-4-13-6-14-9/h1-4,6,15H,5,12H2,(H,13,14). The van der Waals surface area contributed by atoms with Crippen molar-refractivity contribution in [1.82, 2.24) is 14.7 Å². The normalized spacial score (nSPS) is 11.6. The van der Waals surface area contributed by atoms with Gasteiger partial charge in [-0.05, 0) is 18.2 Å². The molecule has 0 fully saturated rings. The number of H-pyrrole nitrogens is 1. The van der Waals surface area contributed by atoms with E-state index in [9.17, 15) is 12.8 Å². The molecule has 0 unspecified atom stereocenters. The van der Waals surface area contributed by atoms with Crippen molar-refractivity contribution < 1.29 is 12.8 Å². The van der Waals surface area contributed by atoms with Crippen LogP contribution in [0.5, 0.6) is 0 Å². The predicted molar refractivity (Wildman–Crippen MR) is 63.4 cm³/mol. The Morgan fingerprint density at radius 3 is 2.78 bits per heavy atom. The van der Waals surface area contributed by atoms with Gasteiger partial charge in [0.1, 0.15) is 5.82 Å². The van der Waals surface area contributed by atoms with Crippen LogP contribution in [-0.4, -0.2) is 18.4 Å². The third kappa shape index (κ3) is 2.84. The number of aromatic nitrogens is 2. The summed E-state index contributed by atoms with van der Waals surface area (Å²) in [7, 11) is -3.80. The molecule has 0 bridgehead atoms. The maximum Gasteiger partial charge on any atom is 0.241 e. The predicted octanol–water partition coefficient (Wildman–Crippen LogP) is 0.609. The number of nitrogens with two attached hydrogens (primary N) is 1. The Hall–Kier alpha value is -1.93. The van der Waals surface area contributed by atoms with Crippen LogP contribution in [0.25, 0.3) is 0 Å². The zero-order valence-corrected chi connectivity index (χ0v) is 10.0. The minimum Gasteiger partial charge on any atom is -0.399 e. The summed E-state index contributed by atoms with van der Waals surface area (Å²) < 4.78 is 39.1. The van der Waals surface area contributed by atoms with Crippen molar-refractivity contribution in [2.24, 2.45) is 0 Å². The molecule has 6 nitrogen and oxygen atoms in total. The number of nitrogens with one attached hydrogen (secondary N) is 2. The highest BCUT2D eigenvalue weighted by Crippen LogP contribution is 2.15. The van der Waals surface area contributed by atoms with Crippen molar-refractivity contribution in [2.45, 2.75) is 11.4 Å². The summed E-state index contributed by atoms with van der Waals surface area (Å²) in [6.45, 7) is 0.0404. The Labute approximate surface area is 103 Å². The van der Waals surface area contributed by atoms with Crippen molar-refractivity contribution >= 4 is 15.7 Å². The van der Waals surface area contributed by atoms with Crippen LogP contribution >= 0.6 is 0 Å². The van der Waals surface area contributed by atoms with Crippen LogP contribution < -0.4 is 10.5 Å². The van der Waals surface area contributed by atoms with Gasteiger partial charge in [-0.3, -0.25) is 0 Å². The fourth-order valence-electron chi connectivity index (χ4n) is 1.38. The molecule has 4 N–H and O–H groups in total. The molecule has 0 saturated heterocycles. The number of aromatic amines is 1. The first-order valence-electron chi connectivity index (χ1n) is 5.00. The average Bonchev–Trinajstić information content (AvgIpc) is 2.78. The van der Waals surface area contributed by atoms with E-state index in [1.165, 1.54) is 18.6 Å². The van der Waals surface area contributed by atoms with E-state index in [2.05, 4.69) is 14.7 Å². The summed E-state index contributed by atoms with van der Waals surface area (Å²) in [4.78, 5) is 6.29. The van der Waals surface area contributed by atoms with Crippen molar-refractivity contribution in [3.05, 3.63) is 42.2 Å². The molecular weight excluding hydrogens is 259 g/mol. The highest BCUT2D eigenvalue weighted by Gasteiger charge is 2.15. The topological polar surface area (TPSA) is 101 Å². The number of anilines is 1. The molecule has 0 radical (unpaired) electrons. The fourth-order valence-corrected chi connectivity index (χ4v) is 2.45. The number of hydrogen-bond donors (Lipinski definition) is 3. The summed E-state index contributed by atoms with van der Waals surface area (Å²) in [5.41, 5.74) is 6.05. The third-order valence-corrected chi connectivity index (χ3v) is 3.59. The smallest absolute Gasteiger partial charge is 0.241 e. The monoisotopic (exact) mass is 270 g/mol. The molecule has 1 heterocycles. The first-order chi connectivity index (χ1) is 8.47. The van der Waals surface area contributed by atoms with E-state index >= 15 is 0 Å². The van der Waals surface area contributed by atoms with Crippen molar-refractivity contribution in [3.63, 3.8) is 0 Å². The van der Waals surface area contributed by atoms with E-state index in [1.807, 2.05) is 0 Å². The molecule has 0 aliphatic rings. The van der Waals surface area contributed by atoms with Crippen LogP contribution in [0, 0.1) is 5.82 Å². The molecule has 0 aliphatic heterocycles. The molecule has 0 spiro atoms. The summed E-state index contributed by atoms with van der Waals surface area (Å²) in [6.07, 6.45) is 2.92. The molecule has 2 rings (SSSR count). The van der Waals surface area contributed by atoms with Gasteiger partial charge in [-0.15, -0.1) is 0 Å². The van der Waals surface area contributed by atoms with Gasteiger partial charge in [0.2, 0.25) is 10.0 Å². The number of sulfonamides is 1. The Balaban J connectivity index is 2.20. The molecule has 8 heteroatoms. The van der Waals surface area contributed by atoms with Gasteiger partial charge in [0, 0.05) is 17.6 Å². The number of nitrogen functional groups attached to an aromatic ring is 1. The lowest BCUT2D eigenvalue weighted by molar-refractivity contribution is 0.577. The Kier molecular flexibility index (Phi) is 3.30. The molecule has 0 aliphatic carbocycles. The molecule has 0 amide bonds. The first-order valence-corrected chi connectivity index (χ1v) is 6.49. The molecule has 2 aromatic rings. The van der Waals surface area contributed by atoms with Gasteiger partial charge in [0.15, 0.2) is 0 Å². The summed E-state index contributed by atoms with van der Waals surface area (Å²) in [5.74, 6) is -0.697. The van der Waals surface area contributed by atoms with Crippen molar-refractivity contribution in [3.8, 4) is 0 Å². The summed E-state index contributed by atoms with van der Waals surface area (Å²) in [5, 5.41) is 0. The molecule has 0 atom stereocenters. The van der Waals surface area contributed by atoms with Crippen LogP contribution in [0.15, 0.2) is 35.6 Å². The number of benzene rings is 1. The second-order valence-corrected chi connectivity index (χ2v) is 5.39. The number of hydrogen-bond acceptors (Lipinski definition) is 4. The van der Waals surface area contributed by atoms with Gasteiger partial charge < -0.3 is 10.7 Å². The number of imidazole rings is 1. The zero-order valence-electron chi connectivity index (χ0n) is 9.22. The van der Waals surface area contributed by atoms with Crippen molar-refractivity contribution in [2.75, 3.05) is 5.73 Å². The van der Waals surface area contributed by atoms with Crippen LogP contribution in [-0.2, 0) is 16.6 Å². The van der Waals surface area contributed by atoms with Crippen LogP contribution in [0.3, 0.4) is 0 Å². The highest BCUT2D eigenvalue weighted by molar-refractivity contribution is 7.89. The van der Waals surface area contributed by atoms with Gasteiger partial charge in [-0.2, -0.15) is 0 Å². The second-order valence-electron chi connectivity index (χ2n) is 3.62. The molecule has 96 valence electrons. The zero-order chi connectivity index (χ0) is 13.2. The molecular formula is C10H11FN4O2S. The molecule has 0 saturated carbocycles. The van der Waals surface area contributed by atoms with E-state index in [-0.39, 0.29) is 17.1 Å². The fraction of sp³-hybridized carbons (Fsp3) is 0.100. The van der Waals surface area contributed by atoms with E-state index in [0.717, 1.165) is 12.1 Å². The van der Waals surface area contributed by atoms with E-state index < -0.39 is 15.8 Å². The maximum atomic E-state index is 13.1. The number of rotatable bonds is 4. The van der Waals surface area contributed by atoms with E-state index in [0.29, 0.717) is 5.69 Å². The Bertz CT molecular complexity index is 620. The quantitative estimate of drug-likeness (QED) is 0.708. The number of halogens is 1. The summed E-state index contributed by atoms with van der Waals surface area (Å²) >= 11 is 0. The molecule has 18 heavy (non-hydrogen) atoms. The van der Waals surface area contributed by atoms with Crippen LogP contribution in [0.2, 0.25) is 0 Å². The van der Waals surface area contributed by atoms with Gasteiger partial charge >= 0.3 is 0 Å². The Morgan fingerprint density at radius 1 is 1.39 bits per heavy atom. The average molecular weight is 270 g/mol. The minimum atomic E-state index is -3.80. The van der Waals surface area contributed by atoms with Gasteiger partial charge in [0.25, 0.3) is 0 Å². The lowest BCUT2D eigenvalue weighted by atomic mass is 10.3. The molecule has 1 aromatic heterocycles. The van der Waals surface area contributed by atoms with Gasteiger partial charge in [0.05, 0.1) is 17.8 Å². The first kappa shape index (κ1) is 12.5. The van der Waals surface area contributed by atoms with Crippen LogP contribution in [0.1, 0.15) is 5.69 Å². The largest absolute Gasteiger partial charge is 0.399 e. The summed E-state index contributed by atoms with van der Waals surface area (Å²) in [6, 6.07) is 3.15. The SMILES string of the molecule is Nc1cc(F)cc(S(=O)(=O)NCc2cnc[nH]2)c1. The van der Waals surface area contributed by atoms with Gasteiger partial charge in [-0.25, -0.2) is 22.5 Å². The van der Waals surface area contributed by atoms with Gasteiger partial charge in [-0.1, -0.05) is 0 Å². The van der Waals surface area contributed by atoms with E-state index in [1.54, 1.807) is 0 Å². The maximum absolute atomic E-state index is 13.1. The third-order valence-electron chi connectivity index (χ3n) is 2.21. The highest BCUT2D eigenvalue weighted by atomic mass is 32.2. The number of nitrogens with zero attached hydrogens (tertiary/aromatic N) is 1. The lowest BCUT2D eigenvalue weighted by Crippen LogP contribution is -2.23. The van der Waals surface area contributed by atoms with E-state index in [4.69, 9.17) is 5.73 Å². The van der Waals surface area contributed by atoms with Crippen molar-refractivity contribution in [1.29, 1.82) is 0 Å².